The zero-order valence-electron chi connectivity index (χ0n) is 9.67. The van der Waals surface area contributed by atoms with Crippen LogP contribution in [0.5, 0.6) is 0 Å². The van der Waals surface area contributed by atoms with Crippen molar-refractivity contribution in [3.8, 4) is 22.5 Å². The molecule has 0 aliphatic rings. The van der Waals surface area contributed by atoms with Crippen LogP contribution >= 0.6 is 0 Å². The van der Waals surface area contributed by atoms with Crippen molar-refractivity contribution in [2.24, 2.45) is 0 Å². The molecule has 0 aliphatic carbocycles. The molecule has 0 unspecified atom stereocenters. The maximum atomic E-state index is 6.15. The fourth-order valence-corrected chi connectivity index (χ4v) is 1.91. The monoisotopic (exact) mass is 236 g/mol. The first-order valence-electron chi connectivity index (χ1n) is 5.66. The molecule has 18 heavy (non-hydrogen) atoms. The second-order valence-corrected chi connectivity index (χ2v) is 3.96. The topological polar surface area (TPSA) is 67.6 Å². The molecule has 0 saturated heterocycles. The highest BCUT2D eigenvalue weighted by Crippen LogP contribution is 2.31. The van der Waals surface area contributed by atoms with Gasteiger partial charge in [-0.05, 0) is 12.1 Å². The number of H-pyrrole nitrogens is 1. The second-order valence-electron chi connectivity index (χ2n) is 3.96. The van der Waals surface area contributed by atoms with Crippen LogP contribution in [0.25, 0.3) is 22.5 Å². The summed E-state index contributed by atoms with van der Waals surface area (Å²) < 4.78 is 0. The van der Waals surface area contributed by atoms with E-state index in [1.165, 1.54) is 0 Å². The molecule has 2 aromatic heterocycles. The van der Waals surface area contributed by atoms with Gasteiger partial charge in [-0.3, -0.25) is 10.1 Å². The van der Waals surface area contributed by atoms with Crippen LogP contribution in [0.3, 0.4) is 0 Å². The van der Waals surface area contributed by atoms with Crippen molar-refractivity contribution < 1.29 is 0 Å². The van der Waals surface area contributed by atoms with Crippen molar-refractivity contribution in [1.82, 2.24) is 15.2 Å². The zero-order chi connectivity index (χ0) is 12.4. The standard InChI is InChI=1S/C14H12N4/c15-12-13(10-4-2-1-3-5-10)17-18-14(12)11-6-8-16-9-7-11/h1-9H,15H2,(H,17,18). The number of hydrogen-bond donors (Lipinski definition) is 2. The van der Waals surface area contributed by atoms with Crippen molar-refractivity contribution in [2.45, 2.75) is 0 Å². The lowest BCUT2D eigenvalue weighted by Crippen LogP contribution is -1.89. The molecule has 4 nitrogen and oxygen atoms in total. The van der Waals surface area contributed by atoms with Crippen molar-refractivity contribution in [2.75, 3.05) is 5.73 Å². The van der Waals surface area contributed by atoms with Crippen molar-refractivity contribution in [1.29, 1.82) is 0 Å². The molecule has 3 rings (SSSR count). The van der Waals surface area contributed by atoms with Crippen LogP contribution < -0.4 is 5.73 Å². The number of anilines is 1. The number of nitrogens with zero attached hydrogens (tertiary/aromatic N) is 2. The Labute approximate surface area is 105 Å². The van der Waals surface area contributed by atoms with Crippen LogP contribution in [0, 0.1) is 0 Å². The maximum absolute atomic E-state index is 6.15. The summed E-state index contributed by atoms with van der Waals surface area (Å²) in [6.07, 6.45) is 3.47. The third-order valence-electron chi connectivity index (χ3n) is 2.82. The molecule has 1 aromatic carbocycles. The number of benzene rings is 1. The summed E-state index contributed by atoms with van der Waals surface area (Å²) in [7, 11) is 0. The quantitative estimate of drug-likeness (QED) is 0.718. The van der Waals surface area contributed by atoms with Crippen molar-refractivity contribution >= 4 is 5.69 Å². The summed E-state index contributed by atoms with van der Waals surface area (Å²) in [5, 5.41) is 7.28. The van der Waals surface area contributed by atoms with E-state index in [1.54, 1.807) is 12.4 Å². The highest BCUT2D eigenvalue weighted by molar-refractivity contribution is 5.84. The summed E-state index contributed by atoms with van der Waals surface area (Å²) in [4.78, 5) is 3.99. The van der Waals surface area contributed by atoms with E-state index in [-0.39, 0.29) is 0 Å². The largest absolute Gasteiger partial charge is 0.395 e. The van der Waals surface area contributed by atoms with E-state index < -0.39 is 0 Å². The maximum Gasteiger partial charge on any atom is 0.116 e. The Morgan fingerprint density at radius 3 is 2.33 bits per heavy atom. The Hall–Kier alpha value is -2.62. The summed E-state index contributed by atoms with van der Waals surface area (Å²) in [6, 6.07) is 13.7. The van der Waals surface area contributed by atoms with E-state index >= 15 is 0 Å². The van der Waals surface area contributed by atoms with Crippen molar-refractivity contribution in [3.05, 3.63) is 54.9 Å². The fraction of sp³-hybridized carbons (Fsp3) is 0. The van der Waals surface area contributed by atoms with E-state index in [9.17, 15) is 0 Å². The Bertz CT molecular complexity index is 587. The Morgan fingerprint density at radius 1 is 0.889 bits per heavy atom. The number of nitrogens with one attached hydrogen (secondary N) is 1. The van der Waals surface area contributed by atoms with Gasteiger partial charge in [0.05, 0.1) is 11.4 Å². The van der Waals surface area contributed by atoms with Crippen LogP contribution in [0.1, 0.15) is 0 Å². The van der Waals surface area contributed by atoms with Gasteiger partial charge in [0.15, 0.2) is 0 Å². The van der Waals surface area contributed by atoms with Crippen LogP contribution in [0.2, 0.25) is 0 Å². The van der Waals surface area contributed by atoms with Gasteiger partial charge < -0.3 is 5.73 Å². The number of aromatic amines is 1. The molecule has 0 bridgehead atoms. The highest BCUT2D eigenvalue weighted by atomic mass is 15.1. The lowest BCUT2D eigenvalue weighted by molar-refractivity contribution is 1.10. The molecule has 88 valence electrons. The number of nitrogens with two attached hydrogens (primary N) is 1. The van der Waals surface area contributed by atoms with Gasteiger partial charge in [0.2, 0.25) is 0 Å². The molecule has 0 spiro atoms. The number of nitrogen functional groups attached to an aromatic ring is 1. The first-order chi connectivity index (χ1) is 8.86. The van der Waals surface area contributed by atoms with Gasteiger partial charge in [-0.15, -0.1) is 0 Å². The van der Waals surface area contributed by atoms with Crippen LogP contribution in [-0.2, 0) is 0 Å². The fourth-order valence-electron chi connectivity index (χ4n) is 1.91. The van der Waals surface area contributed by atoms with Crippen LogP contribution in [-0.4, -0.2) is 15.2 Å². The number of aromatic nitrogens is 3. The molecule has 0 fully saturated rings. The summed E-state index contributed by atoms with van der Waals surface area (Å²) >= 11 is 0. The van der Waals surface area contributed by atoms with E-state index in [2.05, 4.69) is 15.2 Å². The zero-order valence-corrected chi connectivity index (χ0v) is 9.67. The van der Waals surface area contributed by atoms with Gasteiger partial charge in [0.1, 0.15) is 5.69 Å². The number of hydrogen-bond acceptors (Lipinski definition) is 3. The SMILES string of the molecule is Nc1c(-c2ccccc2)n[nH]c1-c1ccncc1. The number of pyridine rings is 1. The summed E-state index contributed by atoms with van der Waals surface area (Å²) in [6.45, 7) is 0. The summed E-state index contributed by atoms with van der Waals surface area (Å²) in [5.41, 5.74) is 10.4. The molecule has 0 atom stereocenters. The van der Waals surface area contributed by atoms with Crippen LogP contribution in [0.4, 0.5) is 5.69 Å². The highest BCUT2D eigenvalue weighted by Gasteiger charge is 2.12. The minimum atomic E-state index is 0.660. The van der Waals surface area contributed by atoms with E-state index in [1.807, 2.05) is 42.5 Å². The molecule has 4 heteroatoms. The predicted octanol–water partition coefficient (Wildman–Crippen LogP) is 2.72. The molecule has 3 N–H and O–H groups in total. The Kier molecular flexibility index (Phi) is 2.53. The predicted molar refractivity (Wildman–Crippen MR) is 71.7 cm³/mol. The van der Waals surface area contributed by atoms with Gasteiger partial charge in [-0.25, -0.2) is 0 Å². The molecule has 0 radical (unpaired) electrons. The molecule has 2 heterocycles. The second kappa shape index (κ2) is 4.33. The molecular weight excluding hydrogens is 224 g/mol. The first-order valence-corrected chi connectivity index (χ1v) is 5.66. The van der Waals surface area contributed by atoms with Gasteiger partial charge in [-0.1, -0.05) is 30.3 Å². The Morgan fingerprint density at radius 2 is 1.61 bits per heavy atom. The third-order valence-corrected chi connectivity index (χ3v) is 2.82. The Balaban J connectivity index is 2.09. The lowest BCUT2D eigenvalue weighted by Gasteiger charge is -2.00. The van der Waals surface area contributed by atoms with E-state index in [4.69, 9.17) is 5.73 Å². The molecule has 0 aliphatic heterocycles. The van der Waals surface area contributed by atoms with Crippen molar-refractivity contribution in [3.63, 3.8) is 0 Å². The van der Waals surface area contributed by atoms with Crippen LogP contribution in [0.15, 0.2) is 54.9 Å². The van der Waals surface area contributed by atoms with Gasteiger partial charge in [0, 0.05) is 23.5 Å². The van der Waals surface area contributed by atoms with Gasteiger partial charge in [0.25, 0.3) is 0 Å². The van der Waals surface area contributed by atoms with E-state index in [0.717, 1.165) is 22.5 Å². The molecule has 0 saturated carbocycles. The minimum Gasteiger partial charge on any atom is -0.395 e. The summed E-state index contributed by atoms with van der Waals surface area (Å²) in [5.74, 6) is 0. The number of rotatable bonds is 2. The smallest absolute Gasteiger partial charge is 0.116 e. The lowest BCUT2D eigenvalue weighted by atomic mass is 10.1. The third kappa shape index (κ3) is 1.73. The normalized spacial score (nSPS) is 10.4. The average Bonchev–Trinajstić information content (AvgIpc) is 2.83. The van der Waals surface area contributed by atoms with E-state index in [0.29, 0.717) is 5.69 Å². The van der Waals surface area contributed by atoms with Gasteiger partial charge >= 0.3 is 0 Å². The molecule has 3 aromatic rings. The van der Waals surface area contributed by atoms with Gasteiger partial charge in [-0.2, -0.15) is 5.10 Å². The minimum absolute atomic E-state index is 0.660. The first kappa shape index (κ1) is 10.5. The molecule has 0 amide bonds. The molecular formula is C14H12N4. The average molecular weight is 236 g/mol.